The number of aromatic nitrogens is 2. The summed E-state index contributed by atoms with van der Waals surface area (Å²) in [5.74, 6) is 1.11. The maximum atomic E-state index is 5.98. The molecule has 2 heterocycles. The molecule has 19 heavy (non-hydrogen) atoms. The van der Waals surface area contributed by atoms with E-state index < -0.39 is 0 Å². The molecule has 0 bridgehead atoms. The zero-order valence-electron chi connectivity index (χ0n) is 10.3. The lowest BCUT2D eigenvalue weighted by atomic mass is 10.1. The molecule has 2 aromatic rings. The van der Waals surface area contributed by atoms with Crippen LogP contribution in [0.15, 0.2) is 28.7 Å². The normalized spacial score (nSPS) is 13.9. The minimum Gasteiger partial charge on any atom is -0.383 e. The molecule has 0 saturated carbocycles. The molecule has 1 aromatic carbocycles. The first-order valence-corrected chi connectivity index (χ1v) is 6.90. The Balaban J connectivity index is 1.89. The number of anilines is 3. The molecule has 0 saturated heterocycles. The van der Waals surface area contributed by atoms with Crippen LogP contribution < -0.4 is 16.4 Å². The Hall–Kier alpha value is -1.66. The van der Waals surface area contributed by atoms with Gasteiger partial charge in [0.05, 0.1) is 5.69 Å². The van der Waals surface area contributed by atoms with Gasteiger partial charge in [-0.05, 0) is 24.3 Å². The number of hydrogen-bond acceptors (Lipinski definition) is 5. The fraction of sp³-hybridized carbons (Fsp3) is 0.231. The van der Waals surface area contributed by atoms with Gasteiger partial charge in [-0.3, -0.25) is 0 Å². The van der Waals surface area contributed by atoms with Crippen LogP contribution in [-0.2, 0) is 13.0 Å². The van der Waals surface area contributed by atoms with Crippen molar-refractivity contribution in [1.82, 2.24) is 15.3 Å². The van der Waals surface area contributed by atoms with Crippen molar-refractivity contribution in [3.8, 4) is 0 Å². The number of nitrogens with zero attached hydrogens (tertiary/aromatic N) is 2. The number of halogens is 1. The molecule has 0 unspecified atom stereocenters. The summed E-state index contributed by atoms with van der Waals surface area (Å²) >= 11 is 3.41. The van der Waals surface area contributed by atoms with Gasteiger partial charge < -0.3 is 16.4 Å². The SMILES string of the molecule is Nc1nc(Nc2ccc(Br)cc2)nc2c1CNCC2. The fourth-order valence-corrected chi connectivity index (χ4v) is 2.35. The average molecular weight is 320 g/mol. The summed E-state index contributed by atoms with van der Waals surface area (Å²) in [6.45, 7) is 1.68. The van der Waals surface area contributed by atoms with Crippen LogP contribution in [0.1, 0.15) is 11.3 Å². The van der Waals surface area contributed by atoms with E-state index in [0.29, 0.717) is 11.8 Å². The third-order valence-electron chi connectivity index (χ3n) is 3.07. The molecule has 1 aliphatic rings. The van der Waals surface area contributed by atoms with Crippen LogP contribution in [-0.4, -0.2) is 16.5 Å². The molecule has 0 atom stereocenters. The number of rotatable bonds is 2. The molecule has 98 valence electrons. The molecule has 6 heteroatoms. The van der Waals surface area contributed by atoms with Gasteiger partial charge in [-0.15, -0.1) is 0 Å². The van der Waals surface area contributed by atoms with Gasteiger partial charge in [0, 0.05) is 35.2 Å². The van der Waals surface area contributed by atoms with E-state index in [9.17, 15) is 0 Å². The van der Waals surface area contributed by atoms with Crippen LogP contribution in [0.5, 0.6) is 0 Å². The molecule has 1 aromatic heterocycles. The Morgan fingerprint density at radius 1 is 1.21 bits per heavy atom. The minimum absolute atomic E-state index is 0.553. The molecular formula is C13H14BrN5. The Morgan fingerprint density at radius 2 is 2.00 bits per heavy atom. The number of fused-ring (bicyclic) bond motifs is 1. The summed E-state index contributed by atoms with van der Waals surface area (Å²) in [7, 11) is 0. The van der Waals surface area contributed by atoms with Crippen molar-refractivity contribution in [3.63, 3.8) is 0 Å². The predicted octanol–water partition coefficient (Wildman–Crippen LogP) is 2.21. The van der Waals surface area contributed by atoms with Crippen molar-refractivity contribution in [2.45, 2.75) is 13.0 Å². The van der Waals surface area contributed by atoms with E-state index in [-0.39, 0.29) is 0 Å². The standard InChI is InChI=1S/C13H14BrN5/c14-8-1-3-9(4-2-8)17-13-18-11-5-6-16-7-10(11)12(15)19-13/h1-4,16H,5-7H2,(H3,15,17,18,19). The molecule has 1 aliphatic heterocycles. The summed E-state index contributed by atoms with van der Waals surface area (Å²) in [6, 6.07) is 7.86. The molecule has 0 amide bonds. The second-order valence-electron chi connectivity index (χ2n) is 4.42. The lowest BCUT2D eigenvalue weighted by Crippen LogP contribution is -2.26. The van der Waals surface area contributed by atoms with E-state index in [1.165, 1.54) is 0 Å². The zero-order valence-corrected chi connectivity index (χ0v) is 11.9. The third kappa shape index (κ3) is 2.69. The molecule has 0 aliphatic carbocycles. The van der Waals surface area contributed by atoms with Crippen LogP contribution >= 0.6 is 15.9 Å². The molecular weight excluding hydrogens is 306 g/mol. The van der Waals surface area contributed by atoms with Crippen LogP contribution in [0.3, 0.4) is 0 Å². The summed E-state index contributed by atoms with van der Waals surface area (Å²) in [5.41, 5.74) is 8.98. The molecule has 0 radical (unpaired) electrons. The topological polar surface area (TPSA) is 75.9 Å². The van der Waals surface area contributed by atoms with E-state index in [2.05, 4.69) is 36.5 Å². The van der Waals surface area contributed by atoms with Crippen LogP contribution in [0.25, 0.3) is 0 Å². The first-order valence-electron chi connectivity index (χ1n) is 6.11. The van der Waals surface area contributed by atoms with E-state index in [1.807, 2.05) is 24.3 Å². The first kappa shape index (κ1) is 12.4. The Bertz CT molecular complexity index is 597. The largest absolute Gasteiger partial charge is 0.383 e. The lowest BCUT2D eigenvalue weighted by Gasteiger charge is -2.18. The molecule has 3 rings (SSSR count). The summed E-state index contributed by atoms with van der Waals surface area (Å²) in [4.78, 5) is 8.85. The van der Waals surface area contributed by atoms with E-state index in [0.717, 1.165) is 40.9 Å². The zero-order chi connectivity index (χ0) is 13.2. The highest BCUT2D eigenvalue weighted by molar-refractivity contribution is 9.10. The van der Waals surface area contributed by atoms with Crippen molar-refractivity contribution in [2.24, 2.45) is 0 Å². The van der Waals surface area contributed by atoms with Gasteiger partial charge in [-0.1, -0.05) is 15.9 Å². The van der Waals surface area contributed by atoms with Crippen molar-refractivity contribution in [2.75, 3.05) is 17.6 Å². The van der Waals surface area contributed by atoms with Gasteiger partial charge >= 0.3 is 0 Å². The smallest absolute Gasteiger partial charge is 0.229 e. The van der Waals surface area contributed by atoms with Crippen LogP contribution in [0.2, 0.25) is 0 Å². The molecule has 0 spiro atoms. The Kier molecular flexibility index (Phi) is 3.35. The predicted molar refractivity (Wildman–Crippen MR) is 79.3 cm³/mol. The molecule has 5 nitrogen and oxygen atoms in total. The Morgan fingerprint density at radius 3 is 2.79 bits per heavy atom. The van der Waals surface area contributed by atoms with Crippen LogP contribution in [0.4, 0.5) is 17.5 Å². The quantitative estimate of drug-likeness (QED) is 0.791. The van der Waals surface area contributed by atoms with Gasteiger partial charge in [-0.2, -0.15) is 4.98 Å². The summed E-state index contributed by atoms with van der Waals surface area (Å²) in [5, 5.41) is 6.45. The fourth-order valence-electron chi connectivity index (χ4n) is 2.09. The van der Waals surface area contributed by atoms with Crippen molar-refractivity contribution in [3.05, 3.63) is 40.0 Å². The maximum absolute atomic E-state index is 5.98. The maximum Gasteiger partial charge on any atom is 0.229 e. The summed E-state index contributed by atoms with van der Waals surface area (Å²) in [6.07, 6.45) is 0.886. The number of nitrogens with two attached hydrogens (primary N) is 1. The summed E-state index contributed by atoms with van der Waals surface area (Å²) < 4.78 is 1.04. The second-order valence-corrected chi connectivity index (χ2v) is 5.33. The van der Waals surface area contributed by atoms with Crippen molar-refractivity contribution < 1.29 is 0 Å². The van der Waals surface area contributed by atoms with Gasteiger partial charge in [-0.25, -0.2) is 4.98 Å². The van der Waals surface area contributed by atoms with Crippen molar-refractivity contribution >= 4 is 33.4 Å². The van der Waals surface area contributed by atoms with E-state index in [4.69, 9.17) is 5.73 Å². The monoisotopic (exact) mass is 319 g/mol. The van der Waals surface area contributed by atoms with Gasteiger partial charge in [0.25, 0.3) is 0 Å². The van der Waals surface area contributed by atoms with Gasteiger partial charge in [0.15, 0.2) is 0 Å². The highest BCUT2D eigenvalue weighted by Crippen LogP contribution is 2.22. The average Bonchev–Trinajstić information content (AvgIpc) is 2.42. The minimum atomic E-state index is 0.553. The van der Waals surface area contributed by atoms with E-state index >= 15 is 0 Å². The second kappa shape index (κ2) is 5.14. The van der Waals surface area contributed by atoms with Crippen LogP contribution in [0, 0.1) is 0 Å². The highest BCUT2D eigenvalue weighted by Gasteiger charge is 2.15. The van der Waals surface area contributed by atoms with E-state index in [1.54, 1.807) is 0 Å². The number of nitrogen functional groups attached to an aromatic ring is 1. The third-order valence-corrected chi connectivity index (χ3v) is 3.59. The first-order chi connectivity index (χ1) is 9.22. The highest BCUT2D eigenvalue weighted by atomic mass is 79.9. The molecule has 0 fully saturated rings. The van der Waals surface area contributed by atoms with Gasteiger partial charge in [0.2, 0.25) is 5.95 Å². The van der Waals surface area contributed by atoms with Crippen molar-refractivity contribution in [1.29, 1.82) is 0 Å². The number of hydrogen-bond donors (Lipinski definition) is 3. The number of benzene rings is 1. The number of nitrogens with one attached hydrogen (secondary N) is 2. The lowest BCUT2D eigenvalue weighted by molar-refractivity contribution is 0.629. The molecule has 4 N–H and O–H groups in total. The Labute approximate surface area is 119 Å². The van der Waals surface area contributed by atoms with Gasteiger partial charge in [0.1, 0.15) is 5.82 Å².